The fraction of sp³-hybridized carbons (Fsp3) is 0.450. The van der Waals surface area contributed by atoms with Crippen molar-refractivity contribution >= 4 is 17.7 Å². The molecule has 0 bridgehead atoms. The summed E-state index contributed by atoms with van der Waals surface area (Å²) in [6.07, 6.45) is 1.41. The number of Topliss-reactive ketones (excluding diaryl/α,β-unsaturated/α-hetero) is 1. The van der Waals surface area contributed by atoms with Gasteiger partial charge in [-0.2, -0.15) is 0 Å². The van der Waals surface area contributed by atoms with E-state index in [1.54, 1.807) is 44.5 Å². The minimum Gasteiger partial charge on any atom is -0.464 e. The second-order valence-electron chi connectivity index (χ2n) is 6.49. The summed E-state index contributed by atoms with van der Waals surface area (Å²) in [7, 11) is 4.52. The number of ketones is 1. The Labute approximate surface area is 164 Å². The molecule has 0 radical (unpaired) electrons. The molecule has 0 aliphatic rings. The molecule has 8 nitrogen and oxygen atoms in total. The maximum atomic E-state index is 13.3. The standard InChI is InChI=1S/C20H26N2O6/c1-12-16(13(2)21(4)17(12)20(25)27-6)18(23)14(3)22(9-11-26-5)19(24)15-8-7-10-28-15/h7-8,10,14H,9,11H2,1-6H3. The Morgan fingerprint density at radius 3 is 2.46 bits per heavy atom. The zero-order chi connectivity index (χ0) is 21.0. The molecule has 28 heavy (non-hydrogen) atoms. The van der Waals surface area contributed by atoms with Gasteiger partial charge in [0.1, 0.15) is 5.69 Å². The van der Waals surface area contributed by atoms with Crippen LogP contribution < -0.4 is 0 Å². The van der Waals surface area contributed by atoms with Crippen LogP contribution in [0.15, 0.2) is 22.8 Å². The Kier molecular flexibility index (Phi) is 6.80. The fourth-order valence-corrected chi connectivity index (χ4v) is 3.28. The van der Waals surface area contributed by atoms with Gasteiger partial charge in [-0.05, 0) is 38.5 Å². The summed E-state index contributed by atoms with van der Waals surface area (Å²) in [5, 5.41) is 0. The normalized spacial score (nSPS) is 11.9. The third-order valence-electron chi connectivity index (χ3n) is 4.93. The quantitative estimate of drug-likeness (QED) is 0.508. The lowest BCUT2D eigenvalue weighted by Gasteiger charge is -2.27. The molecule has 0 aliphatic heterocycles. The minimum atomic E-state index is -0.780. The summed E-state index contributed by atoms with van der Waals surface area (Å²) < 4.78 is 16.8. The number of hydrogen-bond donors (Lipinski definition) is 0. The number of methoxy groups -OCH3 is 2. The molecule has 8 heteroatoms. The van der Waals surface area contributed by atoms with E-state index in [2.05, 4.69) is 0 Å². The number of amides is 1. The molecule has 1 amide bonds. The molecule has 2 heterocycles. The number of aromatic nitrogens is 1. The summed E-state index contributed by atoms with van der Waals surface area (Å²) >= 11 is 0. The molecule has 1 unspecified atom stereocenters. The fourth-order valence-electron chi connectivity index (χ4n) is 3.28. The number of rotatable bonds is 8. The number of carbonyl (C=O) groups is 3. The Balaban J connectivity index is 2.43. The molecule has 0 aromatic carbocycles. The zero-order valence-electron chi connectivity index (χ0n) is 17.1. The first kappa shape index (κ1) is 21.4. The van der Waals surface area contributed by atoms with Gasteiger partial charge < -0.3 is 23.4 Å². The van der Waals surface area contributed by atoms with Crippen LogP contribution in [0.3, 0.4) is 0 Å². The van der Waals surface area contributed by atoms with Crippen LogP contribution in [-0.4, -0.2) is 60.5 Å². The summed E-state index contributed by atoms with van der Waals surface area (Å²) in [6.45, 7) is 5.60. The molecule has 0 saturated heterocycles. The van der Waals surface area contributed by atoms with E-state index in [0.29, 0.717) is 22.5 Å². The summed E-state index contributed by atoms with van der Waals surface area (Å²) in [5.41, 5.74) is 1.88. The number of esters is 1. The summed E-state index contributed by atoms with van der Waals surface area (Å²) in [5.74, 6) is -1.04. The van der Waals surface area contributed by atoms with Crippen molar-refractivity contribution in [1.29, 1.82) is 0 Å². The first-order valence-corrected chi connectivity index (χ1v) is 8.88. The largest absolute Gasteiger partial charge is 0.464 e. The van der Waals surface area contributed by atoms with Crippen molar-refractivity contribution in [2.24, 2.45) is 7.05 Å². The van der Waals surface area contributed by atoms with E-state index in [1.807, 2.05) is 0 Å². The predicted octanol–water partition coefficient (Wildman–Crippen LogP) is 2.38. The van der Waals surface area contributed by atoms with Gasteiger partial charge in [0, 0.05) is 32.0 Å². The average Bonchev–Trinajstić information content (AvgIpc) is 3.28. The Morgan fingerprint density at radius 2 is 1.93 bits per heavy atom. The lowest BCUT2D eigenvalue weighted by atomic mass is 9.99. The van der Waals surface area contributed by atoms with E-state index in [4.69, 9.17) is 13.9 Å². The van der Waals surface area contributed by atoms with Crippen molar-refractivity contribution in [2.45, 2.75) is 26.8 Å². The molecule has 0 saturated carbocycles. The van der Waals surface area contributed by atoms with Crippen LogP contribution in [0.25, 0.3) is 0 Å². The van der Waals surface area contributed by atoms with Crippen LogP contribution in [0.5, 0.6) is 0 Å². The van der Waals surface area contributed by atoms with Crippen molar-refractivity contribution in [3.05, 3.63) is 46.7 Å². The zero-order valence-corrected chi connectivity index (χ0v) is 17.1. The van der Waals surface area contributed by atoms with Crippen LogP contribution in [0.2, 0.25) is 0 Å². The Bertz CT molecular complexity index is 866. The molecule has 0 aliphatic carbocycles. The van der Waals surface area contributed by atoms with Crippen molar-refractivity contribution in [1.82, 2.24) is 9.47 Å². The molecular weight excluding hydrogens is 364 g/mol. The van der Waals surface area contributed by atoms with Crippen LogP contribution in [-0.2, 0) is 16.5 Å². The SMILES string of the molecule is COCCN(C(=O)c1ccco1)C(C)C(=O)c1c(C)c(C(=O)OC)n(C)c1C. The molecule has 2 aromatic heterocycles. The highest BCUT2D eigenvalue weighted by atomic mass is 16.5. The van der Waals surface area contributed by atoms with Crippen molar-refractivity contribution in [3.63, 3.8) is 0 Å². The molecule has 0 fully saturated rings. The minimum absolute atomic E-state index is 0.146. The van der Waals surface area contributed by atoms with Gasteiger partial charge in [-0.1, -0.05) is 0 Å². The molecule has 0 spiro atoms. The molecular formula is C20H26N2O6. The van der Waals surface area contributed by atoms with E-state index in [9.17, 15) is 14.4 Å². The van der Waals surface area contributed by atoms with Crippen LogP contribution in [0, 0.1) is 13.8 Å². The van der Waals surface area contributed by atoms with Gasteiger partial charge in [0.05, 0.1) is 26.0 Å². The third kappa shape index (κ3) is 3.87. The van der Waals surface area contributed by atoms with Crippen LogP contribution in [0.1, 0.15) is 49.6 Å². The molecule has 1 atom stereocenters. The average molecular weight is 390 g/mol. The number of furan rings is 1. The van der Waals surface area contributed by atoms with E-state index in [1.165, 1.54) is 25.4 Å². The first-order valence-electron chi connectivity index (χ1n) is 8.88. The van der Waals surface area contributed by atoms with Crippen molar-refractivity contribution in [2.75, 3.05) is 27.4 Å². The molecule has 2 rings (SSSR count). The van der Waals surface area contributed by atoms with Crippen molar-refractivity contribution in [3.8, 4) is 0 Å². The van der Waals surface area contributed by atoms with Crippen LogP contribution >= 0.6 is 0 Å². The summed E-state index contributed by atoms with van der Waals surface area (Å²) in [6, 6.07) is 2.38. The number of hydrogen-bond acceptors (Lipinski definition) is 6. The van der Waals surface area contributed by atoms with Gasteiger partial charge >= 0.3 is 5.97 Å². The van der Waals surface area contributed by atoms with Gasteiger partial charge in [0.2, 0.25) is 0 Å². The van der Waals surface area contributed by atoms with Gasteiger partial charge in [-0.25, -0.2) is 4.79 Å². The molecule has 152 valence electrons. The second kappa shape index (κ2) is 8.88. The Hall–Kier alpha value is -2.87. The lowest BCUT2D eigenvalue weighted by molar-refractivity contribution is 0.0539. The number of ether oxygens (including phenoxy) is 2. The third-order valence-corrected chi connectivity index (χ3v) is 4.93. The van der Waals surface area contributed by atoms with E-state index < -0.39 is 17.9 Å². The summed E-state index contributed by atoms with van der Waals surface area (Å²) in [4.78, 5) is 39.7. The highest BCUT2D eigenvalue weighted by molar-refractivity contribution is 6.07. The molecule has 2 aromatic rings. The van der Waals surface area contributed by atoms with Crippen molar-refractivity contribution < 1.29 is 28.3 Å². The van der Waals surface area contributed by atoms with E-state index >= 15 is 0 Å². The predicted molar refractivity (Wildman–Crippen MR) is 102 cm³/mol. The number of nitrogens with zero attached hydrogens (tertiary/aromatic N) is 2. The highest BCUT2D eigenvalue weighted by Gasteiger charge is 2.33. The lowest BCUT2D eigenvalue weighted by Crippen LogP contribution is -2.45. The van der Waals surface area contributed by atoms with Gasteiger partial charge in [0.25, 0.3) is 5.91 Å². The van der Waals surface area contributed by atoms with E-state index in [-0.39, 0.29) is 24.7 Å². The number of carbonyl (C=O) groups excluding carboxylic acids is 3. The smallest absolute Gasteiger partial charge is 0.354 e. The van der Waals surface area contributed by atoms with Gasteiger partial charge in [0.15, 0.2) is 11.5 Å². The van der Waals surface area contributed by atoms with Gasteiger partial charge in [-0.15, -0.1) is 0 Å². The monoisotopic (exact) mass is 390 g/mol. The first-order chi connectivity index (χ1) is 13.3. The molecule has 0 N–H and O–H groups in total. The topological polar surface area (TPSA) is 91.0 Å². The maximum absolute atomic E-state index is 13.3. The van der Waals surface area contributed by atoms with E-state index in [0.717, 1.165) is 0 Å². The van der Waals surface area contributed by atoms with Gasteiger partial charge in [-0.3, -0.25) is 9.59 Å². The second-order valence-corrected chi connectivity index (χ2v) is 6.49. The maximum Gasteiger partial charge on any atom is 0.354 e. The van der Waals surface area contributed by atoms with Crippen LogP contribution in [0.4, 0.5) is 0 Å². The Morgan fingerprint density at radius 1 is 1.25 bits per heavy atom. The highest BCUT2D eigenvalue weighted by Crippen LogP contribution is 2.25.